The van der Waals surface area contributed by atoms with E-state index >= 15 is 0 Å². The number of aryl methyl sites for hydroxylation is 1. The minimum atomic E-state index is -3.35. The van der Waals surface area contributed by atoms with Crippen molar-refractivity contribution in [3.63, 3.8) is 0 Å². The topological polar surface area (TPSA) is 104 Å². The molecular formula is C20H33N3O4S. The van der Waals surface area contributed by atoms with Gasteiger partial charge in [0.25, 0.3) is 5.91 Å². The van der Waals surface area contributed by atoms with Crippen molar-refractivity contribution in [2.45, 2.75) is 71.6 Å². The van der Waals surface area contributed by atoms with Crippen molar-refractivity contribution in [1.82, 2.24) is 10.0 Å². The van der Waals surface area contributed by atoms with Crippen LogP contribution in [0, 0.1) is 6.92 Å². The van der Waals surface area contributed by atoms with E-state index in [0.717, 1.165) is 5.56 Å². The highest BCUT2D eigenvalue weighted by atomic mass is 32.2. The molecular weight excluding hydrogens is 378 g/mol. The molecule has 1 rings (SSSR count). The van der Waals surface area contributed by atoms with Gasteiger partial charge in [0, 0.05) is 30.3 Å². The molecule has 0 saturated heterocycles. The standard InChI is InChI=1S/C20H33N3O4S/c1-14(2)22-19(25)16-10-11-17(15(3)13-16)23-18(24)9-7-8-12-21-28(26,27)20(4,5)6/h10-11,13-14,21H,7-9,12H2,1-6H3,(H,22,25)(H,23,24). The number of rotatable bonds is 9. The van der Waals surface area contributed by atoms with E-state index in [1.807, 2.05) is 20.8 Å². The number of nitrogens with one attached hydrogen (secondary N) is 3. The summed E-state index contributed by atoms with van der Waals surface area (Å²) in [5.74, 6) is -0.283. The smallest absolute Gasteiger partial charge is 0.251 e. The normalized spacial score (nSPS) is 12.1. The lowest BCUT2D eigenvalue weighted by Gasteiger charge is -2.19. The average Bonchev–Trinajstić information content (AvgIpc) is 2.54. The first-order chi connectivity index (χ1) is 12.8. The summed E-state index contributed by atoms with van der Waals surface area (Å²) in [7, 11) is -3.35. The summed E-state index contributed by atoms with van der Waals surface area (Å²) in [5.41, 5.74) is 2.03. The van der Waals surface area contributed by atoms with Crippen molar-refractivity contribution in [2.75, 3.05) is 11.9 Å². The van der Waals surface area contributed by atoms with Gasteiger partial charge in [-0.25, -0.2) is 13.1 Å². The van der Waals surface area contributed by atoms with E-state index in [0.29, 0.717) is 37.1 Å². The Labute approximate surface area is 168 Å². The molecule has 0 unspecified atom stereocenters. The molecule has 0 aliphatic rings. The SMILES string of the molecule is Cc1cc(C(=O)NC(C)C)ccc1NC(=O)CCCCNS(=O)(=O)C(C)(C)C. The molecule has 7 nitrogen and oxygen atoms in total. The molecule has 0 aliphatic heterocycles. The molecule has 0 saturated carbocycles. The van der Waals surface area contributed by atoms with Gasteiger partial charge in [-0.2, -0.15) is 0 Å². The maximum absolute atomic E-state index is 12.1. The summed E-state index contributed by atoms with van der Waals surface area (Å²) in [6.45, 7) is 10.9. The molecule has 3 N–H and O–H groups in total. The first kappa shape index (κ1) is 24.1. The van der Waals surface area contributed by atoms with Crippen LogP contribution in [-0.4, -0.2) is 37.6 Å². The Morgan fingerprint density at radius 1 is 1.11 bits per heavy atom. The number of amides is 2. The van der Waals surface area contributed by atoms with Gasteiger partial charge in [-0.05, 0) is 78.1 Å². The Morgan fingerprint density at radius 3 is 2.29 bits per heavy atom. The number of carbonyl (C=O) groups is 2. The Balaban J connectivity index is 2.46. The van der Waals surface area contributed by atoms with Crippen LogP contribution in [0.4, 0.5) is 5.69 Å². The van der Waals surface area contributed by atoms with Crippen LogP contribution < -0.4 is 15.4 Å². The fourth-order valence-electron chi connectivity index (χ4n) is 2.34. The van der Waals surface area contributed by atoms with E-state index in [1.54, 1.807) is 39.0 Å². The molecule has 0 radical (unpaired) electrons. The quantitative estimate of drug-likeness (QED) is 0.543. The number of benzene rings is 1. The summed E-state index contributed by atoms with van der Waals surface area (Å²) in [6, 6.07) is 5.20. The molecule has 28 heavy (non-hydrogen) atoms. The maximum Gasteiger partial charge on any atom is 0.251 e. The molecule has 0 fully saturated rings. The molecule has 2 amide bonds. The third-order valence-corrected chi connectivity index (χ3v) is 6.31. The van der Waals surface area contributed by atoms with Crippen molar-refractivity contribution in [2.24, 2.45) is 0 Å². The van der Waals surface area contributed by atoms with E-state index in [-0.39, 0.29) is 17.9 Å². The average molecular weight is 412 g/mol. The predicted molar refractivity (Wildman–Crippen MR) is 113 cm³/mol. The van der Waals surface area contributed by atoms with E-state index in [4.69, 9.17) is 0 Å². The minimum Gasteiger partial charge on any atom is -0.350 e. The lowest BCUT2D eigenvalue weighted by molar-refractivity contribution is -0.116. The number of unbranched alkanes of at least 4 members (excludes halogenated alkanes) is 1. The summed E-state index contributed by atoms with van der Waals surface area (Å²) in [4.78, 5) is 24.1. The molecule has 8 heteroatoms. The molecule has 158 valence electrons. The van der Waals surface area contributed by atoms with Gasteiger partial charge in [-0.15, -0.1) is 0 Å². The fraction of sp³-hybridized carbons (Fsp3) is 0.600. The third-order valence-electron chi connectivity index (χ3n) is 4.11. The van der Waals surface area contributed by atoms with Crippen LogP contribution in [0.5, 0.6) is 0 Å². The number of sulfonamides is 1. The molecule has 0 atom stereocenters. The fourth-order valence-corrected chi connectivity index (χ4v) is 3.18. The number of hydrogen-bond acceptors (Lipinski definition) is 4. The van der Waals surface area contributed by atoms with Crippen molar-refractivity contribution in [1.29, 1.82) is 0 Å². The van der Waals surface area contributed by atoms with Crippen molar-refractivity contribution >= 4 is 27.5 Å². The Morgan fingerprint density at radius 2 is 1.75 bits per heavy atom. The summed E-state index contributed by atoms with van der Waals surface area (Å²) in [6.07, 6.45) is 1.45. The second kappa shape index (κ2) is 10.0. The molecule has 0 heterocycles. The zero-order chi connectivity index (χ0) is 21.5. The van der Waals surface area contributed by atoms with Gasteiger partial charge >= 0.3 is 0 Å². The Hall–Kier alpha value is -1.93. The second-order valence-corrected chi connectivity index (χ2v) is 10.7. The maximum atomic E-state index is 12.1. The van der Waals surface area contributed by atoms with Crippen LogP contribution in [0.15, 0.2) is 18.2 Å². The van der Waals surface area contributed by atoms with Gasteiger partial charge in [-0.3, -0.25) is 9.59 Å². The third kappa shape index (κ3) is 7.59. The van der Waals surface area contributed by atoms with Crippen LogP contribution in [0.25, 0.3) is 0 Å². The molecule has 0 spiro atoms. The van der Waals surface area contributed by atoms with Gasteiger partial charge in [-0.1, -0.05) is 0 Å². The summed E-state index contributed by atoms with van der Waals surface area (Å²) < 4.78 is 25.6. The van der Waals surface area contributed by atoms with Crippen molar-refractivity contribution in [3.05, 3.63) is 29.3 Å². The Kier molecular flexibility index (Phi) is 8.63. The first-order valence-corrected chi connectivity index (χ1v) is 11.0. The van der Waals surface area contributed by atoms with Gasteiger partial charge in [0.05, 0.1) is 4.75 Å². The number of carbonyl (C=O) groups excluding carboxylic acids is 2. The first-order valence-electron chi connectivity index (χ1n) is 9.54. The highest BCUT2D eigenvalue weighted by Crippen LogP contribution is 2.17. The van der Waals surface area contributed by atoms with Crippen LogP contribution in [-0.2, 0) is 14.8 Å². The highest BCUT2D eigenvalue weighted by molar-refractivity contribution is 7.90. The van der Waals surface area contributed by atoms with E-state index in [2.05, 4.69) is 15.4 Å². The number of anilines is 1. The zero-order valence-electron chi connectivity index (χ0n) is 17.7. The molecule has 1 aromatic carbocycles. The second-order valence-electron chi connectivity index (χ2n) is 8.17. The van der Waals surface area contributed by atoms with Crippen molar-refractivity contribution in [3.8, 4) is 0 Å². The van der Waals surface area contributed by atoms with Gasteiger partial charge in [0.2, 0.25) is 15.9 Å². The van der Waals surface area contributed by atoms with E-state index in [1.165, 1.54) is 0 Å². The van der Waals surface area contributed by atoms with Crippen molar-refractivity contribution < 1.29 is 18.0 Å². The van der Waals surface area contributed by atoms with E-state index < -0.39 is 14.8 Å². The summed E-state index contributed by atoms with van der Waals surface area (Å²) >= 11 is 0. The Bertz CT molecular complexity index is 796. The van der Waals surface area contributed by atoms with Crippen LogP contribution >= 0.6 is 0 Å². The van der Waals surface area contributed by atoms with Crippen LogP contribution in [0.3, 0.4) is 0 Å². The lowest BCUT2D eigenvalue weighted by atomic mass is 10.1. The summed E-state index contributed by atoms with van der Waals surface area (Å²) in [5, 5.41) is 5.67. The van der Waals surface area contributed by atoms with E-state index in [9.17, 15) is 18.0 Å². The van der Waals surface area contributed by atoms with Gasteiger partial charge in [0.15, 0.2) is 0 Å². The molecule has 0 bridgehead atoms. The monoisotopic (exact) mass is 411 g/mol. The minimum absolute atomic E-state index is 0.0556. The van der Waals surface area contributed by atoms with Crippen LogP contribution in [0.1, 0.15) is 69.8 Å². The zero-order valence-corrected chi connectivity index (χ0v) is 18.5. The van der Waals surface area contributed by atoms with Gasteiger partial charge in [0.1, 0.15) is 0 Å². The molecule has 1 aromatic rings. The van der Waals surface area contributed by atoms with Gasteiger partial charge < -0.3 is 10.6 Å². The lowest BCUT2D eigenvalue weighted by Crippen LogP contribution is -2.39. The number of hydrogen-bond donors (Lipinski definition) is 3. The molecule has 0 aromatic heterocycles. The predicted octanol–water partition coefficient (Wildman–Crippen LogP) is 2.96. The largest absolute Gasteiger partial charge is 0.350 e. The van der Waals surface area contributed by atoms with Crippen LogP contribution in [0.2, 0.25) is 0 Å². The molecule has 0 aliphatic carbocycles. The highest BCUT2D eigenvalue weighted by Gasteiger charge is 2.27.